The third-order valence-corrected chi connectivity index (χ3v) is 2.90. The van der Waals surface area contributed by atoms with E-state index in [1.807, 2.05) is 37.3 Å². The van der Waals surface area contributed by atoms with E-state index in [2.05, 4.69) is 0 Å². The zero-order valence-electron chi connectivity index (χ0n) is 9.91. The van der Waals surface area contributed by atoms with E-state index in [1.165, 1.54) is 10.6 Å². The van der Waals surface area contributed by atoms with Crippen molar-refractivity contribution in [1.82, 2.24) is 4.57 Å². The second kappa shape index (κ2) is 4.87. The summed E-state index contributed by atoms with van der Waals surface area (Å²) in [5.41, 5.74) is 0.267. The van der Waals surface area contributed by atoms with Crippen LogP contribution >= 0.6 is 0 Å². The molecule has 0 aliphatic carbocycles. The van der Waals surface area contributed by atoms with Crippen LogP contribution in [0.15, 0.2) is 53.5 Å². The van der Waals surface area contributed by atoms with Crippen LogP contribution in [0, 0.1) is 0 Å². The average Bonchev–Trinajstić information content (AvgIpc) is 2.39. The van der Waals surface area contributed by atoms with Crippen LogP contribution in [-0.2, 0) is 0 Å². The summed E-state index contributed by atoms with van der Waals surface area (Å²) in [6.07, 6.45) is 1.60. The van der Waals surface area contributed by atoms with Crippen LogP contribution in [0.1, 0.15) is 28.9 Å². The van der Waals surface area contributed by atoms with E-state index in [9.17, 15) is 9.59 Å². The molecule has 4 nitrogen and oxygen atoms in total. The molecule has 2 rings (SSSR count). The Kier molecular flexibility index (Phi) is 3.28. The number of hydrogen-bond acceptors (Lipinski definition) is 2. The lowest BCUT2D eigenvalue weighted by atomic mass is 10.1. The van der Waals surface area contributed by atoms with E-state index < -0.39 is 11.5 Å². The lowest BCUT2D eigenvalue weighted by Crippen LogP contribution is -2.28. The standard InChI is InChI=1S/C14H13NO3/c1-10(11-6-3-2-4-7-11)15-9-5-8-12(13(15)16)14(17)18/h2-10H,1H3,(H,17,18)/t10-/m0/s1. The van der Waals surface area contributed by atoms with Gasteiger partial charge in [0.05, 0.1) is 6.04 Å². The third kappa shape index (κ3) is 2.18. The number of aromatic carboxylic acids is 1. The quantitative estimate of drug-likeness (QED) is 0.898. The Morgan fingerprint density at radius 3 is 2.44 bits per heavy atom. The van der Waals surface area contributed by atoms with E-state index in [4.69, 9.17) is 5.11 Å². The van der Waals surface area contributed by atoms with Crippen LogP contribution in [0.2, 0.25) is 0 Å². The number of rotatable bonds is 3. The van der Waals surface area contributed by atoms with Crippen LogP contribution in [0.4, 0.5) is 0 Å². The highest BCUT2D eigenvalue weighted by Gasteiger charge is 2.14. The molecule has 0 saturated carbocycles. The number of benzene rings is 1. The molecular formula is C14H13NO3. The summed E-state index contributed by atoms with van der Waals surface area (Å²) in [6.45, 7) is 1.86. The molecule has 0 aliphatic rings. The number of nitrogens with zero attached hydrogens (tertiary/aromatic N) is 1. The van der Waals surface area contributed by atoms with Gasteiger partial charge in [0.2, 0.25) is 0 Å². The molecule has 2 aromatic rings. The minimum atomic E-state index is -1.20. The van der Waals surface area contributed by atoms with Crippen molar-refractivity contribution in [2.75, 3.05) is 0 Å². The number of carboxylic acid groups (broad SMARTS) is 1. The molecule has 0 fully saturated rings. The highest BCUT2D eigenvalue weighted by atomic mass is 16.4. The first-order chi connectivity index (χ1) is 8.61. The maximum absolute atomic E-state index is 12.0. The van der Waals surface area contributed by atoms with Gasteiger partial charge in [-0.25, -0.2) is 4.79 Å². The smallest absolute Gasteiger partial charge is 0.341 e. The summed E-state index contributed by atoms with van der Waals surface area (Å²) < 4.78 is 1.43. The molecule has 92 valence electrons. The van der Waals surface area contributed by atoms with Gasteiger partial charge < -0.3 is 9.67 Å². The summed E-state index contributed by atoms with van der Waals surface area (Å²) in [5.74, 6) is -1.20. The first-order valence-corrected chi connectivity index (χ1v) is 5.60. The monoisotopic (exact) mass is 243 g/mol. The van der Waals surface area contributed by atoms with Gasteiger partial charge in [0.15, 0.2) is 0 Å². The molecule has 0 radical (unpaired) electrons. The van der Waals surface area contributed by atoms with E-state index in [-0.39, 0.29) is 11.6 Å². The van der Waals surface area contributed by atoms with Gasteiger partial charge in [-0.2, -0.15) is 0 Å². The molecule has 1 aromatic heterocycles. The van der Waals surface area contributed by atoms with Crippen LogP contribution in [0.25, 0.3) is 0 Å². The summed E-state index contributed by atoms with van der Waals surface area (Å²) in [6, 6.07) is 12.2. The van der Waals surface area contributed by atoms with Crippen molar-refractivity contribution in [3.05, 3.63) is 70.1 Å². The van der Waals surface area contributed by atoms with E-state index >= 15 is 0 Å². The molecule has 1 atom stereocenters. The lowest BCUT2D eigenvalue weighted by Gasteiger charge is -2.15. The maximum Gasteiger partial charge on any atom is 0.341 e. The van der Waals surface area contributed by atoms with Crippen molar-refractivity contribution < 1.29 is 9.90 Å². The molecule has 0 amide bonds. The third-order valence-electron chi connectivity index (χ3n) is 2.90. The number of hydrogen-bond donors (Lipinski definition) is 1. The molecule has 0 spiro atoms. The fourth-order valence-electron chi connectivity index (χ4n) is 1.87. The van der Waals surface area contributed by atoms with Gasteiger partial charge in [0.1, 0.15) is 5.56 Å². The van der Waals surface area contributed by atoms with E-state index in [0.717, 1.165) is 5.56 Å². The Balaban J connectivity index is 2.50. The SMILES string of the molecule is C[C@@H](c1ccccc1)n1cccc(C(=O)O)c1=O. The Morgan fingerprint density at radius 2 is 1.83 bits per heavy atom. The fourth-order valence-corrected chi connectivity index (χ4v) is 1.87. The van der Waals surface area contributed by atoms with Gasteiger partial charge in [-0.1, -0.05) is 30.3 Å². The Hall–Kier alpha value is -2.36. The predicted octanol–water partition coefficient (Wildman–Crippen LogP) is 2.16. The van der Waals surface area contributed by atoms with Crippen molar-refractivity contribution in [3.63, 3.8) is 0 Å². The molecule has 0 bridgehead atoms. The van der Waals surface area contributed by atoms with Crippen molar-refractivity contribution in [1.29, 1.82) is 0 Å². The highest BCUT2D eigenvalue weighted by Crippen LogP contribution is 2.15. The topological polar surface area (TPSA) is 59.3 Å². The zero-order valence-corrected chi connectivity index (χ0v) is 9.91. The molecule has 4 heteroatoms. The first-order valence-electron chi connectivity index (χ1n) is 5.60. The molecule has 0 saturated heterocycles. The predicted molar refractivity (Wildman–Crippen MR) is 67.9 cm³/mol. The number of pyridine rings is 1. The van der Waals surface area contributed by atoms with Gasteiger partial charge in [-0.05, 0) is 24.6 Å². The minimum Gasteiger partial charge on any atom is -0.477 e. The molecule has 18 heavy (non-hydrogen) atoms. The van der Waals surface area contributed by atoms with Gasteiger partial charge in [-0.15, -0.1) is 0 Å². The Labute approximate surface area is 104 Å². The summed E-state index contributed by atoms with van der Waals surface area (Å²) in [5, 5.41) is 8.93. The number of aromatic nitrogens is 1. The van der Waals surface area contributed by atoms with Crippen LogP contribution in [0.5, 0.6) is 0 Å². The number of carbonyl (C=O) groups is 1. The molecule has 0 aliphatic heterocycles. The van der Waals surface area contributed by atoms with Crippen molar-refractivity contribution in [2.24, 2.45) is 0 Å². The zero-order chi connectivity index (χ0) is 13.1. The lowest BCUT2D eigenvalue weighted by molar-refractivity contribution is 0.0694. The van der Waals surface area contributed by atoms with E-state index in [1.54, 1.807) is 12.3 Å². The molecule has 1 heterocycles. The van der Waals surface area contributed by atoms with Crippen molar-refractivity contribution in [3.8, 4) is 0 Å². The fraction of sp³-hybridized carbons (Fsp3) is 0.143. The molecule has 1 N–H and O–H groups in total. The van der Waals surface area contributed by atoms with Crippen LogP contribution < -0.4 is 5.56 Å². The van der Waals surface area contributed by atoms with Gasteiger partial charge in [0.25, 0.3) is 5.56 Å². The van der Waals surface area contributed by atoms with Crippen LogP contribution in [-0.4, -0.2) is 15.6 Å². The highest BCUT2D eigenvalue weighted by molar-refractivity contribution is 5.86. The molecule has 1 aromatic carbocycles. The Bertz CT molecular complexity index is 616. The molecular weight excluding hydrogens is 230 g/mol. The minimum absolute atomic E-state index is 0.196. The molecule has 0 unspecified atom stereocenters. The Morgan fingerprint density at radius 1 is 1.17 bits per heavy atom. The van der Waals surface area contributed by atoms with Gasteiger partial charge >= 0.3 is 5.97 Å². The summed E-state index contributed by atoms with van der Waals surface area (Å²) in [4.78, 5) is 22.9. The second-order valence-electron chi connectivity index (χ2n) is 4.03. The first kappa shape index (κ1) is 12.1. The van der Waals surface area contributed by atoms with Crippen molar-refractivity contribution in [2.45, 2.75) is 13.0 Å². The van der Waals surface area contributed by atoms with E-state index in [0.29, 0.717) is 0 Å². The number of carboxylic acids is 1. The largest absolute Gasteiger partial charge is 0.477 e. The van der Waals surface area contributed by atoms with Crippen molar-refractivity contribution >= 4 is 5.97 Å². The van der Waals surface area contributed by atoms with Crippen LogP contribution in [0.3, 0.4) is 0 Å². The second-order valence-corrected chi connectivity index (χ2v) is 4.03. The summed E-state index contributed by atoms with van der Waals surface area (Å²) >= 11 is 0. The van der Waals surface area contributed by atoms with Gasteiger partial charge in [-0.3, -0.25) is 4.79 Å². The summed E-state index contributed by atoms with van der Waals surface area (Å²) in [7, 11) is 0. The maximum atomic E-state index is 12.0. The average molecular weight is 243 g/mol. The normalized spacial score (nSPS) is 12.1. The van der Waals surface area contributed by atoms with Gasteiger partial charge in [0, 0.05) is 6.20 Å².